The Morgan fingerprint density at radius 2 is 1.95 bits per heavy atom. The summed E-state index contributed by atoms with van der Waals surface area (Å²) in [6.07, 6.45) is 0. The summed E-state index contributed by atoms with van der Waals surface area (Å²) in [7, 11) is 1.62. The molecule has 2 aromatic carbocycles. The van der Waals surface area contributed by atoms with Gasteiger partial charge in [0.15, 0.2) is 5.82 Å². The highest BCUT2D eigenvalue weighted by molar-refractivity contribution is 6.31. The molecule has 0 aliphatic rings. The van der Waals surface area contributed by atoms with Crippen molar-refractivity contribution >= 4 is 28.3 Å². The first-order chi connectivity index (χ1) is 9.67. The van der Waals surface area contributed by atoms with Crippen molar-refractivity contribution in [1.29, 1.82) is 0 Å². The number of hydrogen-bond acceptors (Lipinski definition) is 4. The zero-order chi connectivity index (χ0) is 14.1. The predicted octanol–water partition coefficient (Wildman–Crippen LogP) is 3.54. The molecule has 0 bridgehead atoms. The van der Waals surface area contributed by atoms with E-state index in [1.807, 2.05) is 30.3 Å². The van der Waals surface area contributed by atoms with Crippen molar-refractivity contribution in [2.45, 2.75) is 0 Å². The molecule has 0 fully saturated rings. The fourth-order valence-corrected chi connectivity index (χ4v) is 2.19. The summed E-state index contributed by atoms with van der Waals surface area (Å²) in [5.41, 5.74) is 7.61. The second-order valence-electron chi connectivity index (χ2n) is 4.33. The fraction of sp³-hybridized carbons (Fsp3) is 0.0667. The van der Waals surface area contributed by atoms with E-state index in [4.69, 9.17) is 22.1 Å². The second kappa shape index (κ2) is 4.98. The summed E-state index contributed by atoms with van der Waals surface area (Å²) < 4.78 is 5.21. The summed E-state index contributed by atoms with van der Waals surface area (Å²) in [5.74, 6) is 1.73. The SMILES string of the molecule is COc1cccc(-c2nc(N)c3cc(Cl)ccc3n2)c1. The van der Waals surface area contributed by atoms with Gasteiger partial charge in [-0.2, -0.15) is 0 Å². The van der Waals surface area contributed by atoms with Crippen molar-refractivity contribution in [3.8, 4) is 17.1 Å². The summed E-state index contributed by atoms with van der Waals surface area (Å²) in [5, 5.41) is 1.37. The van der Waals surface area contributed by atoms with Crippen LogP contribution in [0, 0.1) is 0 Å². The Kier molecular flexibility index (Phi) is 3.16. The Balaban J connectivity index is 2.19. The van der Waals surface area contributed by atoms with Crippen molar-refractivity contribution in [1.82, 2.24) is 9.97 Å². The fourth-order valence-electron chi connectivity index (χ4n) is 2.02. The molecule has 3 aromatic rings. The molecule has 0 atom stereocenters. The van der Waals surface area contributed by atoms with Gasteiger partial charge in [-0.05, 0) is 30.3 Å². The maximum Gasteiger partial charge on any atom is 0.162 e. The van der Waals surface area contributed by atoms with Crippen LogP contribution >= 0.6 is 11.6 Å². The van der Waals surface area contributed by atoms with Crippen molar-refractivity contribution in [3.05, 3.63) is 47.5 Å². The molecule has 1 heterocycles. The highest BCUT2D eigenvalue weighted by Gasteiger charge is 2.08. The molecule has 0 aliphatic carbocycles. The number of nitrogen functional groups attached to an aromatic ring is 1. The maximum absolute atomic E-state index is 5.99. The molecule has 3 rings (SSSR count). The van der Waals surface area contributed by atoms with Crippen LogP contribution in [0.5, 0.6) is 5.75 Å². The summed E-state index contributed by atoms with van der Waals surface area (Å²) in [4.78, 5) is 8.86. The number of halogens is 1. The summed E-state index contributed by atoms with van der Waals surface area (Å²) in [6.45, 7) is 0. The van der Waals surface area contributed by atoms with E-state index in [0.717, 1.165) is 22.2 Å². The molecule has 4 nitrogen and oxygen atoms in total. The molecule has 0 aliphatic heterocycles. The number of aromatic nitrogens is 2. The minimum atomic E-state index is 0.412. The van der Waals surface area contributed by atoms with Gasteiger partial charge in [0.25, 0.3) is 0 Å². The average molecular weight is 286 g/mol. The number of ether oxygens (including phenoxy) is 1. The van der Waals surface area contributed by atoms with E-state index in [2.05, 4.69) is 9.97 Å². The van der Waals surface area contributed by atoms with E-state index >= 15 is 0 Å². The van der Waals surface area contributed by atoms with E-state index < -0.39 is 0 Å². The van der Waals surface area contributed by atoms with E-state index in [0.29, 0.717) is 16.7 Å². The standard InChI is InChI=1S/C15H12ClN3O/c1-20-11-4-2-3-9(7-11)15-18-13-6-5-10(16)8-12(13)14(17)19-15/h2-8H,1H3,(H2,17,18,19). The minimum Gasteiger partial charge on any atom is -0.497 e. The molecule has 5 heteroatoms. The van der Waals surface area contributed by atoms with Crippen LogP contribution in [0.1, 0.15) is 0 Å². The van der Waals surface area contributed by atoms with Crippen molar-refractivity contribution in [2.24, 2.45) is 0 Å². The lowest BCUT2D eigenvalue weighted by Gasteiger charge is -2.07. The van der Waals surface area contributed by atoms with Gasteiger partial charge in [-0.1, -0.05) is 23.7 Å². The van der Waals surface area contributed by atoms with Crippen LogP contribution in [0.15, 0.2) is 42.5 Å². The number of benzene rings is 2. The molecule has 0 saturated carbocycles. The van der Waals surface area contributed by atoms with Crippen molar-refractivity contribution in [2.75, 3.05) is 12.8 Å². The van der Waals surface area contributed by atoms with Crippen LogP contribution in [0.2, 0.25) is 5.02 Å². The van der Waals surface area contributed by atoms with Gasteiger partial charge in [-0.15, -0.1) is 0 Å². The Bertz CT molecular complexity index is 789. The Morgan fingerprint density at radius 3 is 2.75 bits per heavy atom. The van der Waals surface area contributed by atoms with Crippen molar-refractivity contribution < 1.29 is 4.74 Å². The van der Waals surface area contributed by atoms with Crippen molar-refractivity contribution in [3.63, 3.8) is 0 Å². The molecule has 0 unspecified atom stereocenters. The van der Waals surface area contributed by atoms with Gasteiger partial charge in [-0.3, -0.25) is 0 Å². The van der Waals surface area contributed by atoms with Crippen LogP contribution in [0.25, 0.3) is 22.3 Å². The van der Waals surface area contributed by atoms with E-state index in [-0.39, 0.29) is 0 Å². The highest BCUT2D eigenvalue weighted by atomic mass is 35.5. The molecule has 100 valence electrons. The average Bonchev–Trinajstić information content (AvgIpc) is 2.48. The number of nitrogens with two attached hydrogens (primary N) is 1. The van der Waals surface area contributed by atoms with E-state index in [1.165, 1.54) is 0 Å². The third kappa shape index (κ3) is 2.26. The van der Waals surface area contributed by atoms with Crippen LogP contribution < -0.4 is 10.5 Å². The third-order valence-electron chi connectivity index (χ3n) is 3.02. The van der Waals surface area contributed by atoms with Crippen LogP contribution in [0.4, 0.5) is 5.82 Å². The molecule has 1 aromatic heterocycles. The topological polar surface area (TPSA) is 61.0 Å². The first-order valence-electron chi connectivity index (χ1n) is 6.04. The quantitative estimate of drug-likeness (QED) is 0.782. The lowest BCUT2D eigenvalue weighted by Crippen LogP contribution is -1.98. The highest BCUT2D eigenvalue weighted by Crippen LogP contribution is 2.27. The number of anilines is 1. The molecule has 20 heavy (non-hydrogen) atoms. The monoisotopic (exact) mass is 285 g/mol. The lowest BCUT2D eigenvalue weighted by atomic mass is 10.1. The summed E-state index contributed by atoms with van der Waals surface area (Å²) in [6, 6.07) is 12.9. The number of fused-ring (bicyclic) bond motifs is 1. The smallest absolute Gasteiger partial charge is 0.162 e. The Labute approximate surface area is 121 Å². The van der Waals surface area contributed by atoms with Gasteiger partial charge in [0, 0.05) is 16.0 Å². The Morgan fingerprint density at radius 1 is 1.10 bits per heavy atom. The molecule has 0 spiro atoms. The number of hydrogen-bond donors (Lipinski definition) is 1. The van der Waals surface area contributed by atoms with Crippen LogP contribution in [-0.2, 0) is 0 Å². The number of methoxy groups -OCH3 is 1. The van der Waals surface area contributed by atoms with Crippen LogP contribution in [0.3, 0.4) is 0 Å². The van der Waals surface area contributed by atoms with Gasteiger partial charge >= 0.3 is 0 Å². The first-order valence-corrected chi connectivity index (χ1v) is 6.42. The molecule has 0 radical (unpaired) electrons. The van der Waals surface area contributed by atoms with Gasteiger partial charge in [0.1, 0.15) is 11.6 Å². The van der Waals surface area contributed by atoms with Gasteiger partial charge in [0.2, 0.25) is 0 Å². The first kappa shape index (κ1) is 12.7. The maximum atomic E-state index is 5.99. The number of rotatable bonds is 2. The molecule has 2 N–H and O–H groups in total. The van der Waals surface area contributed by atoms with E-state index in [9.17, 15) is 0 Å². The molecule has 0 amide bonds. The van der Waals surface area contributed by atoms with Crippen LogP contribution in [-0.4, -0.2) is 17.1 Å². The molecular formula is C15H12ClN3O. The third-order valence-corrected chi connectivity index (χ3v) is 3.25. The van der Waals surface area contributed by atoms with Gasteiger partial charge in [-0.25, -0.2) is 9.97 Å². The number of nitrogens with zero attached hydrogens (tertiary/aromatic N) is 2. The molecule has 0 saturated heterocycles. The van der Waals surface area contributed by atoms with E-state index in [1.54, 1.807) is 19.2 Å². The zero-order valence-electron chi connectivity index (χ0n) is 10.8. The predicted molar refractivity (Wildman–Crippen MR) is 80.9 cm³/mol. The lowest BCUT2D eigenvalue weighted by molar-refractivity contribution is 0.415. The van der Waals surface area contributed by atoms with Gasteiger partial charge < -0.3 is 10.5 Å². The normalized spacial score (nSPS) is 10.7. The van der Waals surface area contributed by atoms with Gasteiger partial charge in [0.05, 0.1) is 12.6 Å². The Hall–Kier alpha value is -2.33. The minimum absolute atomic E-state index is 0.412. The summed E-state index contributed by atoms with van der Waals surface area (Å²) >= 11 is 5.96. The largest absolute Gasteiger partial charge is 0.497 e. The zero-order valence-corrected chi connectivity index (χ0v) is 11.6. The second-order valence-corrected chi connectivity index (χ2v) is 4.76. The molecular weight excluding hydrogens is 274 g/mol.